The van der Waals surface area contributed by atoms with Gasteiger partial charge in [-0.25, -0.2) is 0 Å². The van der Waals surface area contributed by atoms with Gasteiger partial charge in [0.15, 0.2) is 0 Å². The molecule has 0 radical (unpaired) electrons. The van der Waals surface area contributed by atoms with Gasteiger partial charge in [0.1, 0.15) is 0 Å². The van der Waals surface area contributed by atoms with Crippen molar-refractivity contribution in [1.82, 2.24) is 4.90 Å². The van der Waals surface area contributed by atoms with Crippen LogP contribution in [-0.2, 0) is 4.74 Å². The van der Waals surface area contributed by atoms with E-state index in [0.29, 0.717) is 12.6 Å². The number of β-amino-alcohol motifs (C(OH)–C–C–N with tert-alkyl or cyclic N) is 1. The molecule has 0 spiro atoms. The molecule has 0 saturated carbocycles. The first-order chi connectivity index (χ1) is 7.59. The summed E-state index contributed by atoms with van der Waals surface area (Å²) in [5, 5.41) is 9.89. The Morgan fingerprint density at radius 1 is 1.31 bits per heavy atom. The summed E-state index contributed by atoms with van der Waals surface area (Å²) in [4.78, 5) is 2.40. The van der Waals surface area contributed by atoms with Gasteiger partial charge in [-0.3, -0.25) is 4.90 Å². The Morgan fingerprint density at radius 3 is 2.75 bits per heavy atom. The molecule has 2 unspecified atom stereocenters. The smallest absolute Gasteiger partial charge is 0.0900 e. The molecule has 0 aliphatic carbocycles. The second-order valence-corrected chi connectivity index (χ2v) is 5.23. The standard InChI is InChI=1S/C13H27NO2/c1-11(2)16-10-13(15)9-14-8-6-4-5-7-12(14)3/h11-13,15H,4-10H2,1-3H3. The van der Waals surface area contributed by atoms with Crippen LogP contribution < -0.4 is 0 Å². The summed E-state index contributed by atoms with van der Waals surface area (Å²) >= 11 is 0. The van der Waals surface area contributed by atoms with Crippen molar-refractivity contribution in [3.8, 4) is 0 Å². The average molecular weight is 229 g/mol. The van der Waals surface area contributed by atoms with Crippen molar-refractivity contribution in [3.05, 3.63) is 0 Å². The zero-order valence-electron chi connectivity index (χ0n) is 11.0. The number of aliphatic hydroxyl groups excluding tert-OH is 1. The molecule has 0 aromatic rings. The van der Waals surface area contributed by atoms with E-state index in [4.69, 9.17) is 4.74 Å². The molecule has 3 heteroatoms. The highest BCUT2D eigenvalue weighted by molar-refractivity contribution is 4.74. The topological polar surface area (TPSA) is 32.7 Å². The highest BCUT2D eigenvalue weighted by Gasteiger charge is 2.19. The molecule has 1 aliphatic rings. The van der Waals surface area contributed by atoms with Gasteiger partial charge in [0.25, 0.3) is 0 Å². The van der Waals surface area contributed by atoms with E-state index in [1.165, 1.54) is 25.7 Å². The lowest BCUT2D eigenvalue weighted by molar-refractivity contribution is -0.0128. The van der Waals surface area contributed by atoms with Crippen LogP contribution in [0.1, 0.15) is 46.5 Å². The van der Waals surface area contributed by atoms with E-state index in [2.05, 4.69) is 11.8 Å². The van der Waals surface area contributed by atoms with Crippen molar-refractivity contribution >= 4 is 0 Å². The fourth-order valence-electron chi connectivity index (χ4n) is 2.23. The second-order valence-electron chi connectivity index (χ2n) is 5.23. The first-order valence-electron chi connectivity index (χ1n) is 6.63. The maximum Gasteiger partial charge on any atom is 0.0900 e. The summed E-state index contributed by atoms with van der Waals surface area (Å²) in [5.41, 5.74) is 0. The monoisotopic (exact) mass is 229 g/mol. The second kappa shape index (κ2) is 7.25. The van der Waals surface area contributed by atoms with E-state index in [1.807, 2.05) is 13.8 Å². The first kappa shape index (κ1) is 13.9. The number of rotatable bonds is 5. The SMILES string of the molecule is CC(C)OCC(O)CN1CCCCCC1C. The van der Waals surface area contributed by atoms with Crippen molar-refractivity contribution in [2.75, 3.05) is 19.7 Å². The Bertz CT molecular complexity index is 185. The molecule has 0 amide bonds. The Hall–Kier alpha value is -0.120. The molecule has 1 heterocycles. The number of hydrogen-bond donors (Lipinski definition) is 1. The van der Waals surface area contributed by atoms with Crippen LogP contribution in [-0.4, -0.2) is 48.0 Å². The number of nitrogens with zero attached hydrogens (tertiary/aromatic N) is 1. The Balaban J connectivity index is 2.27. The highest BCUT2D eigenvalue weighted by Crippen LogP contribution is 2.16. The van der Waals surface area contributed by atoms with Crippen LogP contribution >= 0.6 is 0 Å². The average Bonchev–Trinajstić information content (AvgIpc) is 2.42. The van der Waals surface area contributed by atoms with Crippen molar-refractivity contribution in [2.45, 2.75) is 64.7 Å². The first-order valence-corrected chi connectivity index (χ1v) is 6.63. The predicted octanol–water partition coefficient (Wildman–Crippen LogP) is 2.04. The van der Waals surface area contributed by atoms with Gasteiger partial charge in [0.05, 0.1) is 18.8 Å². The molecule has 3 nitrogen and oxygen atoms in total. The van der Waals surface area contributed by atoms with Crippen LogP contribution in [0.3, 0.4) is 0 Å². The van der Waals surface area contributed by atoms with Gasteiger partial charge >= 0.3 is 0 Å². The quantitative estimate of drug-likeness (QED) is 0.783. The van der Waals surface area contributed by atoms with Gasteiger partial charge in [0.2, 0.25) is 0 Å². The van der Waals surface area contributed by atoms with Crippen LogP contribution in [0, 0.1) is 0 Å². The molecule has 1 saturated heterocycles. The summed E-state index contributed by atoms with van der Waals surface area (Å²) in [7, 11) is 0. The molecular weight excluding hydrogens is 202 g/mol. The predicted molar refractivity (Wildman–Crippen MR) is 66.6 cm³/mol. The third-order valence-electron chi connectivity index (χ3n) is 3.26. The minimum absolute atomic E-state index is 0.205. The Morgan fingerprint density at radius 2 is 2.06 bits per heavy atom. The molecule has 2 atom stereocenters. The van der Waals surface area contributed by atoms with Crippen molar-refractivity contribution in [3.63, 3.8) is 0 Å². The molecule has 1 rings (SSSR count). The molecule has 0 aromatic carbocycles. The van der Waals surface area contributed by atoms with Crippen molar-refractivity contribution in [1.29, 1.82) is 0 Å². The molecular formula is C13H27NO2. The van der Waals surface area contributed by atoms with Gasteiger partial charge in [-0.05, 0) is 40.2 Å². The molecule has 1 fully saturated rings. The summed E-state index contributed by atoms with van der Waals surface area (Å²) in [6, 6.07) is 0.608. The minimum Gasteiger partial charge on any atom is -0.389 e. The van der Waals surface area contributed by atoms with Crippen molar-refractivity contribution in [2.24, 2.45) is 0 Å². The van der Waals surface area contributed by atoms with Crippen LogP contribution in [0.2, 0.25) is 0 Å². The zero-order valence-corrected chi connectivity index (χ0v) is 11.0. The van der Waals surface area contributed by atoms with Gasteiger partial charge in [-0.1, -0.05) is 12.8 Å². The molecule has 96 valence electrons. The molecule has 0 aromatic heterocycles. The fraction of sp³-hybridized carbons (Fsp3) is 1.00. The normalized spacial score (nSPS) is 25.7. The lowest BCUT2D eigenvalue weighted by Crippen LogP contribution is -2.40. The van der Waals surface area contributed by atoms with Crippen LogP contribution in [0.4, 0.5) is 0 Å². The van der Waals surface area contributed by atoms with E-state index in [0.717, 1.165) is 13.1 Å². The molecule has 1 N–H and O–H groups in total. The van der Waals surface area contributed by atoms with E-state index in [9.17, 15) is 5.11 Å². The third-order valence-corrected chi connectivity index (χ3v) is 3.26. The number of aliphatic hydroxyl groups is 1. The lowest BCUT2D eigenvalue weighted by Gasteiger charge is -2.29. The Labute approximate surface area is 99.8 Å². The summed E-state index contributed by atoms with van der Waals surface area (Å²) < 4.78 is 5.43. The van der Waals surface area contributed by atoms with E-state index in [1.54, 1.807) is 0 Å². The minimum atomic E-state index is -0.344. The van der Waals surface area contributed by atoms with Gasteiger partial charge in [0, 0.05) is 12.6 Å². The van der Waals surface area contributed by atoms with E-state index < -0.39 is 0 Å². The number of ether oxygens (including phenoxy) is 1. The fourth-order valence-corrected chi connectivity index (χ4v) is 2.23. The van der Waals surface area contributed by atoms with Crippen molar-refractivity contribution < 1.29 is 9.84 Å². The summed E-state index contributed by atoms with van der Waals surface area (Å²) in [6.45, 7) is 8.61. The highest BCUT2D eigenvalue weighted by atomic mass is 16.5. The third kappa shape index (κ3) is 5.28. The van der Waals surface area contributed by atoms with E-state index >= 15 is 0 Å². The largest absolute Gasteiger partial charge is 0.389 e. The van der Waals surface area contributed by atoms with Gasteiger partial charge in [-0.2, -0.15) is 0 Å². The maximum absolute atomic E-state index is 9.89. The summed E-state index contributed by atoms with van der Waals surface area (Å²) in [6.07, 6.45) is 5.05. The van der Waals surface area contributed by atoms with Crippen LogP contribution in [0.25, 0.3) is 0 Å². The van der Waals surface area contributed by atoms with E-state index in [-0.39, 0.29) is 12.2 Å². The Kier molecular flexibility index (Phi) is 6.32. The maximum atomic E-state index is 9.89. The molecule has 1 aliphatic heterocycles. The molecule has 16 heavy (non-hydrogen) atoms. The van der Waals surface area contributed by atoms with Crippen LogP contribution in [0.5, 0.6) is 0 Å². The number of likely N-dealkylation sites (tertiary alicyclic amines) is 1. The number of hydrogen-bond acceptors (Lipinski definition) is 3. The summed E-state index contributed by atoms with van der Waals surface area (Å²) in [5.74, 6) is 0. The molecule has 0 bridgehead atoms. The van der Waals surface area contributed by atoms with Crippen LogP contribution in [0.15, 0.2) is 0 Å². The van der Waals surface area contributed by atoms with Gasteiger partial charge in [-0.15, -0.1) is 0 Å². The lowest BCUT2D eigenvalue weighted by atomic mass is 10.1. The zero-order chi connectivity index (χ0) is 12.0. The van der Waals surface area contributed by atoms with Gasteiger partial charge < -0.3 is 9.84 Å².